The van der Waals surface area contributed by atoms with Crippen molar-refractivity contribution in [1.82, 2.24) is 16.0 Å². The Morgan fingerprint density at radius 1 is 0.804 bits per heavy atom. The molecule has 0 saturated heterocycles. The third-order valence-electron chi connectivity index (χ3n) is 9.85. The number of urea groups is 1. The summed E-state index contributed by atoms with van der Waals surface area (Å²) in [6.07, 6.45) is 4.45. The second kappa shape index (κ2) is 26.6. The van der Waals surface area contributed by atoms with Crippen molar-refractivity contribution in [3.63, 3.8) is 0 Å². The van der Waals surface area contributed by atoms with Gasteiger partial charge in [0.05, 0.1) is 65.5 Å². The molecule has 5 amide bonds. The molecular formula is C41H63N5O10. The average Bonchev–Trinajstić information content (AvgIpc) is 3.81. The first-order chi connectivity index (χ1) is 27.0. The van der Waals surface area contributed by atoms with Crippen molar-refractivity contribution in [1.29, 1.82) is 0 Å². The van der Waals surface area contributed by atoms with E-state index in [1.165, 1.54) is 0 Å². The normalized spacial score (nSPS) is 18.2. The predicted molar refractivity (Wildman–Crippen MR) is 210 cm³/mol. The van der Waals surface area contributed by atoms with E-state index < -0.39 is 24.1 Å². The summed E-state index contributed by atoms with van der Waals surface area (Å²) in [4.78, 5) is 62.4. The van der Waals surface area contributed by atoms with E-state index in [2.05, 4.69) is 33.1 Å². The molecule has 1 aromatic carbocycles. The summed E-state index contributed by atoms with van der Waals surface area (Å²) in [6, 6.07) is 5.91. The van der Waals surface area contributed by atoms with Gasteiger partial charge in [-0.05, 0) is 68.4 Å². The van der Waals surface area contributed by atoms with Crippen LogP contribution in [0.2, 0.25) is 0 Å². The van der Waals surface area contributed by atoms with Crippen LogP contribution in [-0.4, -0.2) is 108 Å². The maximum atomic E-state index is 13.4. The van der Waals surface area contributed by atoms with Gasteiger partial charge in [-0.3, -0.25) is 14.4 Å². The molecule has 0 radical (unpaired) electrons. The van der Waals surface area contributed by atoms with Crippen LogP contribution in [0.4, 0.5) is 15.3 Å². The molecule has 0 aromatic heterocycles. The summed E-state index contributed by atoms with van der Waals surface area (Å²) in [7, 11) is 0. The van der Waals surface area contributed by atoms with Crippen molar-refractivity contribution >= 4 is 35.4 Å². The fraction of sp³-hybridized carbons (Fsp3) is 0.683. The molecule has 4 atom stereocenters. The fourth-order valence-corrected chi connectivity index (χ4v) is 6.66. The number of carbonyl (C=O) groups is 5. The van der Waals surface area contributed by atoms with Crippen LogP contribution in [0.15, 0.2) is 24.3 Å². The first-order valence-electron chi connectivity index (χ1n) is 19.9. The molecule has 1 saturated carbocycles. The number of ether oxygens (including phenoxy) is 5. The standard InChI is InChI=1S/C41H63N5O10/c1-29(2)38(36(47)27-31(9-8-17-43-40(42)50)39(49)45-32-14-12-30(3)13-15-32)46-37(48)16-19-52-21-23-54-25-26-55-24-22-53-20-18-44-41(51)56-28-35-33-10-6-4-5-7-11-34(33)35/h12-15,29,31,33-35,38H,6-11,16-28H2,1-3H3,(H,44,51)(H,45,49)(H,46,48)(H3,42,43,50)/t31-,33?,34?,35?,38+/m1/s1. The maximum Gasteiger partial charge on any atom is 0.407 e. The summed E-state index contributed by atoms with van der Waals surface area (Å²) >= 11 is 0. The molecule has 0 heterocycles. The Hall–Kier alpha value is -4.23. The second-order valence-electron chi connectivity index (χ2n) is 14.6. The fourth-order valence-electron chi connectivity index (χ4n) is 6.66. The molecule has 1 aromatic rings. The van der Waals surface area contributed by atoms with Crippen LogP contribution >= 0.6 is 0 Å². The van der Waals surface area contributed by atoms with E-state index in [1.54, 1.807) is 12.1 Å². The minimum absolute atomic E-state index is 0.0595. The molecule has 15 heteroatoms. The number of nitrogens with one attached hydrogen (secondary N) is 4. The number of hydrogen-bond acceptors (Lipinski definition) is 10. The van der Waals surface area contributed by atoms with E-state index in [9.17, 15) is 24.0 Å². The number of primary amides is 1. The Balaban J connectivity index is 1.18. The third kappa shape index (κ3) is 19.1. The lowest BCUT2D eigenvalue weighted by Crippen LogP contribution is -2.45. The molecule has 2 aliphatic carbocycles. The molecule has 2 aliphatic rings. The zero-order valence-electron chi connectivity index (χ0n) is 33.4. The van der Waals surface area contributed by atoms with Crippen molar-refractivity contribution in [2.24, 2.45) is 35.3 Å². The molecule has 0 bridgehead atoms. The van der Waals surface area contributed by atoms with Crippen molar-refractivity contribution < 1.29 is 47.7 Å². The number of benzene rings is 1. The van der Waals surface area contributed by atoms with Gasteiger partial charge in [0.1, 0.15) is 0 Å². The van der Waals surface area contributed by atoms with Crippen LogP contribution in [0.1, 0.15) is 70.8 Å². The summed E-state index contributed by atoms with van der Waals surface area (Å²) < 4.78 is 27.4. The largest absolute Gasteiger partial charge is 0.449 e. The maximum absolute atomic E-state index is 13.4. The highest BCUT2D eigenvalue weighted by atomic mass is 16.6. The topological polar surface area (TPSA) is 206 Å². The molecule has 6 N–H and O–H groups in total. The highest BCUT2D eigenvalue weighted by Gasteiger charge is 2.49. The molecular weight excluding hydrogens is 722 g/mol. The van der Waals surface area contributed by atoms with Gasteiger partial charge in [0, 0.05) is 50.4 Å². The van der Waals surface area contributed by atoms with E-state index >= 15 is 0 Å². The van der Waals surface area contributed by atoms with Crippen LogP contribution in [0, 0.1) is 48.4 Å². The first kappa shape index (κ1) is 46.2. The monoisotopic (exact) mass is 785 g/mol. The molecule has 312 valence electrons. The minimum Gasteiger partial charge on any atom is -0.449 e. The Kier molecular flexibility index (Phi) is 21.9. The van der Waals surface area contributed by atoms with Crippen LogP contribution < -0.4 is 27.0 Å². The number of aryl methyl sites for hydroxylation is 1. The summed E-state index contributed by atoms with van der Waals surface area (Å²) in [5.74, 6) is 6.38. The summed E-state index contributed by atoms with van der Waals surface area (Å²) in [5.41, 5.74) is 6.82. The lowest BCUT2D eigenvalue weighted by Gasteiger charge is -2.24. The van der Waals surface area contributed by atoms with Crippen molar-refractivity contribution in [2.45, 2.75) is 78.2 Å². The van der Waals surface area contributed by atoms with E-state index in [0.717, 1.165) is 31.2 Å². The molecule has 0 spiro atoms. The Bertz CT molecular complexity index is 1410. The lowest BCUT2D eigenvalue weighted by atomic mass is 9.89. The molecule has 0 aliphatic heterocycles. The number of amides is 5. The predicted octanol–water partition coefficient (Wildman–Crippen LogP) is 3.72. The zero-order chi connectivity index (χ0) is 40.5. The zero-order valence-corrected chi connectivity index (χ0v) is 33.4. The van der Waals surface area contributed by atoms with Crippen LogP contribution in [0.25, 0.3) is 0 Å². The number of fused-ring (bicyclic) bond motifs is 1. The van der Waals surface area contributed by atoms with Crippen molar-refractivity contribution in [3.8, 4) is 11.8 Å². The SMILES string of the molecule is Cc1ccc(NC(=O)[C@H](CCCNC(N)=O)CC(=O)[C@@H](NC(=O)CCOCCOCCOCCOCCNC(=O)OCC2C3CCC#CCCC32)C(C)C)cc1. The number of carbonyl (C=O) groups excluding carboxylic acids is 5. The van der Waals surface area contributed by atoms with Gasteiger partial charge in [-0.2, -0.15) is 0 Å². The van der Waals surface area contributed by atoms with Gasteiger partial charge < -0.3 is 50.7 Å². The Labute approximate surface area is 331 Å². The highest BCUT2D eigenvalue weighted by Crippen LogP contribution is 2.52. The van der Waals surface area contributed by atoms with Gasteiger partial charge in [0.15, 0.2) is 5.78 Å². The number of rotatable bonds is 28. The highest BCUT2D eigenvalue weighted by molar-refractivity contribution is 5.97. The van der Waals surface area contributed by atoms with Gasteiger partial charge in [0.2, 0.25) is 11.8 Å². The molecule has 15 nitrogen and oxygen atoms in total. The lowest BCUT2D eigenvalue weighted by molar-refractivity contribution is -0.131. The number of nitrogens with two attached hydrogens (primary N) is 1. The van der Waals surface area contributed by atoms with Gasteiger partial charge in [-0.25, -0.2) is 9.59 Å². The Morgan fingerprint density at radius 2 is 1.39 bits per heavy atom. The van der Waals surface area contributed by atoms with Crippen LogP contribution in [0.5, 0.6) is 0 Å². The minimum atomic E-state index is -0.775. The van der Waals surface area contributed by atoms with Gasteiger partial charge >= 0.3 is 12.1 Å². The quantitative estimate of drug-likeness (QED) is 0.0615. The van der Waals surface area contributed by atoms with Gasteiger partial charge in [-0.15, -0.1) is 11.8 Å². The van der Waals surface area contributed by atoms with E-state index in [0.29, 0.717) is 89.1 Å². The van der Waals surface area contributed by atoms with Crippen LogP contribution in [0.3, 0.4) is 0 Å². The van der Waals surface area contributed by atoms with Crippen LogP contribution in [-0.2, 0) is 38.1 Å². The number of alkyl carbamates (subject to hydrolysis) is 1. The molecule has 56 heavy (non-hydrogen) atoms. The van der Waals surface area contributed by atoms with Gasteiger partial charge in [0.25, 0.3) is 0 Å². The number of Topliss-reactive ketones (excluding diaryl/α,β-unsaturated/α-hetero) is 1. The van der Waals surface area contributed by atoms with Crippen molar-refractivity contribution in [3.05, 3.63) is 29.8 Å². The second-order valence-corrected chi connectivity index (χ2v) is 14.6. The van der Waals surface area contributed by atoms with E-state index in [-0.39, 0.29) is 56.1 Å². The number of hydrogen-bond donors (Lipinski definition) is 5. The third-order valence-corrected chi connectivity index (χ3v) is 9.85. The van der Waals surface area contributed by atoms with Gasteiger partial charge in [-0.1, -0.05) is 31.5 Å². The number of anilines is 1. The smallest absolute Gasteiger partial charge is 0.407 e. The first-order valence-corrected chi connectivity index (χ1v) is 19.9. The molecule has 1 fully saturated rings. The average molecular weight is 786 g/mol. The summed E-state index contributed by atoms with van der Waals surface area (Å²) in [5, 5.41) is 10.9. The molecule has 3 rings (SSSR count). The van der Waals surface area contributed by atoms with E-state index in [1.807, 2.05) is 32.9 Å². The summed E-state index contributed by atoms with van der Waals surface area (Å²) in [6.45, 7) is 9.38. The Morgan fingerprint density at radius 3 is 1.98 bits per heavy atom. The molecule has 2 unspecified atom stereocenters. The van der Waals surface area contributed by atoms with E-state index in [4.69, 9.17) is 29.4 Å². The van der Waals surface area contributed by atoms with Crippen molar-refractivity contribution in [2.75, 3.05) is 77.9 Å². The number of ketones is 1.